The highest BCUT2D eigenvalue weighted by Gasteiger charge is 2.61. The van der Waals surface area contributed by atoms with Crippen LogP contribution < -0.4 is 45.0 Å². The van der Waals surface area contributed by atoms with Crippen LogP contribution in [0.5, 0.6) is 34.5 Å². The number of carbonyl (C=O) groups excluding carboxylic acids is 3. The van der Waals surface area contributed by atoms with E-state index in [0.717, 1.165) is 4.57 Å². The van der Waals surface area contributed by atoms with Gasteiger partial charge in [-0.1, -0.05) is 18.5 Å². The van der Waals surface area contributed by atoms with E-state index < -0.39 is 58.3 Å². The molecule has 0 saturated carbocycles. The van der Waals surface area contributed by atoms with E-state index in [4.69, 9.17) is 40.0 Å². The predicted octanol–water partition coefficient (Wildman–Crippen LogP) is 3.01. The van der Waals surface area contributed by atoms with Crippen LogP contribution in [0.4, 0.5) is 0 Å². The molecule has 0 saturated heterocycles. The molecule has 3 aromatic rings. The Morgan fingerprint density at radius 1 is 0.941 bits per heavy atom. The Hall–Kier alpha value is -5.44. The molecule has 51 heavy (non-hydrogen) atoms. The molecule has 0 bridgehead atoms. The second-order valence-electron chi connectivity index (χ2n) is 12.1. The molecule has 2 aromatic carbocycles. The zero-order valence-corrected chi connectivity index (χ0v) is 30.1. The van der Waals surface area contributed by atoms with Gasteiger partial charge in [-0.3, -0.25) is 28.3 Å². The van der Waals surface area contributed by atoms with E-state index in [1.165, 1.54) is 78.5 Å². The topological polar surface area (TPSA) is 183 Å². The van der Waals surface area contributed by atoms with E-state index in [-0.39, 0.29) is 69.3 Å². The number of aromatic nitrogens is 2. The van der Waals surface area contributed by atoms with Crippen molar-refractivity contribution >= 4 is 29.1 Å². The fourth-order valence-corrected chi connectivity index (χ4v) is 6.89. The van der Waals surface area contributed by atoms with E-state index in [2.05, 4.69) is 5.32 Å². The van der Waals surface area contributed by atoms with Crippen molar-refractivity contribution in [3.05, 3.63) is 78.3 Å². The predicted molar refractivity (Wildman–Crippen MR) is 183 cm³/mol. The highest BCUT2D eigenvalue weighted by Crippen LogP contribution is 2.56. The average Bonchev–Trinajstić information content (AvgIpc) is 3.44. The molecule has 272 valence electrons. The number of amides is 1. The van der Waals surface area contributed by atoms with Gasteiger partial charge < -0.3 is 38.8 Å². The summed E-state index contributed by atoms with van der Waals surface area (Å²) in [5.74, 6) is -3.91. The molecule has 2 N–H and O–H groups in total. The Bertz CT molecular complexity index is 2080. The normalized spacial score (nSPS) is 18.6. The number of halogens is 1. The first-order valence-electron chi connectivity index (χ1n) is 15.7. The Morgan fingerprint density at radius 2 is 1.55 bits per heavy atom. The first kappa shape index (κ1) is 36.8. The van der Waals surface area contributed by atoms with Gasteiger partial charge in [-0.15, -0.1) is 0 Å². The zero-order valence-electron chi connectivity index (χ0n) is 29.3. The van der Waals surface area contributed by atoms with E-state index >= 15 is 0 Å². The number of rotatable bonds is 11. The number of fused-ring (bicyclic) bond motifs is 1. The second kappa shape index (κ2) is 14.1. The number of methoxy groups -OCH3 is 5. The Labute approximate surface area is 297 Å². The molecule has 3 unspecified atom stereocenters. The molecule has 5 rings (SSSR count). The van der Waals surface area contributed by atoms with Crippen molar-refractivity contribution in [2.75, 3.05) is 35.5 Å². The molecule has 16 heteroatoms. The number of aliphatic hydroxyl groups is 1. The first-order valence-corrected chi connectivity index (χ1v) is 16.1. The molecule has 0 radical (unpaired) electrons. The number of carbonyl (C=O) groups is 3. The lowest BCUT2D eigenvalue weighted by Gasteiger charge is -2.38. The minimum atomic E-state index is -2.12. The van der Waals surface area contributed by atoms with Crippen molar-refractivity contribution in [3.63, 3.8) is 0 Å². The third kappa shape index (κ3) is 5.94. The van der Waals surface area contributed by atoms with Crippen LogP contribution in [0.25, 0.3) is 0 Å². The lowest BCUT2D eigenvalue weighted by Crippen LogP contribution is -2.53. The summed E-state index contributed by atoms with van der Waals surface area (Å²) in [6.45, 7) is 1.38. The molecule has 2 aliphatic rings. The number of aliphatic hydroxyl groups excluding tert-OH is 1. The Morgan fingerprint density at radius 3 is 2.12 bits per heavy atom. The van der Waals surface area contributed by atoms with Crippen molar-refractivity contribution < 1.29 is 47.9 Å². The summed E-state index contributed by atoms with van der Waals surface area (Å²) in [6.07, 6.45) is -0.708. The summed E-state index contributed by atoms with van der Waals surface area (Å²) >= 11 is 6.60. The van der Waals surface area contributed by atoms with Crippen LogP contribution >= 0.6 is 11.6 Å². The molecule has 3 atom stereocenters. The number of nitrogens with zero attached hydrogens (tertiary/aromatic N) is 2. The number of nitrogens with one attached hydrogen (secondary N) is 1. The zero-order chi connectivity index (χ0) is 37.5. The van der Waals surface area contributed by atoms with Gasteiger partial charge in [-0.05, 0) is 17.7 Å². The quantitative estimate of drug-likeness (QED) is 0.295. The van der Waals surface area contributed by atoms with Crippen LogP contribution in [0.15, 0.2) is 45.2 Å². The molecular weight excluding hydrogens is 690 g/mol. The first-order chi connectivity index (χ1) is 24.2. The van der Waals surface area contributed by atoms with Gasteiger partial charge in [-0.25, -0.2) is 4.79 Å². The minimum Gasteiger partial charge on any atom is -0.507 e. The summed E-state index contributed by atoms with van der Waals surface area (Å²) < 4.78 is 35.8. The maximum absolute atomic E-state index is 14.4. The van der Waals surface area contributed by atoms with Gasteiger partial charge in [0.1, 0.15) is 22.1 Å². The maximum Gasteiger partial charge on any atom is 0.330 e. The van der Waals surface area contributed by atoms with Gasteiger partial charge in [-0.2, -0.15) is 0 Å². The van der Waals surface area contributed by atoms with Crippen molar-refractivity contribution in [2.24, 2.45) is 20.0 Å². The molecule has 1 spiro atoms. The third-order valence-electron chi connectivity index (χ3n) is 9.43. The Kier molecular flexibility index (Phi) is 10.2. The van der Waals surface area contributed by atoms with Crippen LogP contribution in [0.1, 0.15) is 47.3 Å². The number of benzene rings is 2. The Balaban J connectivity index is 1.67. The van der Waals surface area contributed by atoms with Gasteiger partial charge in [0.15, 0.2) is 28.8 Å². The molecule has 0 fully saturated rings. The lowest BCUT2D eigenvalue weighted by molar-refractivity contribution is -0.122. The van der Waals surface area contributed by atoms with E-state index in [1.54, 1.807) is 6.92 Å². The molecule has 1 amide bonds. The van der Waals surface area contributed by atoms with Crippen molar-refractivity contribution in [3.8, 4) is 34.5 Å². The molecule has 1 aromatic heterocycles. The smallest absolute Gasteiger partial charge is 0.330 e. The number of allylic oxidation sites excluding steroid dienone is 1. The molecule has 15 nitrogen and oxygen atoms in total. The lowest BCUT2D eigenvalue weighted by atomic mass is 9.69. The number of ketones is 2. The van der Waals surface area contributed by atoms with Gasteiger partial charge in [0.05, 0.1) is 42.1 Å². The average molecular weight is 728 g/mol. The van der Waals surface area contributed by atoms with Gasteiger partial charge in [0, 0.05) is 62.2 Å². The van der Waals surface area contributed by atoms with Crippen LogP contribution in [0.3, 0.4) is 0 Å². The van der Waals surface area contributed by atoms with Gasteiger partial charge in [0.2, 0.25) is 23.0 Å². The van der Waals surface area contributed by atoms with Crippen molar-refractivity contribution in [1.82, 2.24) is 14.5 Å². The van der Waals surface area contributed by atoms with E-state index in [9.17, 15) is 29.1 Å². The van der Waals surface area contributed by atoms with Gasteiger partial charge in [0.25, 0.3) is 5.56 Å². The monoisotopic (exact) mass is 727 g/mol. The summed E-state index contributed by atoms with van der Waals surface area (Å²) in [5, 5.41) is 14.9. The molecule has 2 heterocycles. The van der Waals surface area contributed by atoms with Crippen LogP contribution in [-0.4, -0.2) is 72.9 Å². The summed E-state index contributed by atoms with van der Waals surface area (Å²) in [4.78, 5) is 66.9. The van der Waals surface area contributed by atoms with E-state index in [0.29, 0.717) is 5.56 Å². The number of ether oxygens (including phenoxy) is 6. The SMILES string of the molecule is COc1cc(OC)c2c(c1Cl)OC1(C2=O)C(O)=C(C(CC(=O)NCc2cc(=O)n(C)c(=O)n2C)c2cc(OC)c(OC)c(OC)c2)C(=O)CC1C. The fraction of sp³-hybridized carbons (Fsp3) is 0.400. The second-order valence-corrected chi connectivity index (χ2v) is 12.5. The number of Topliss-reactive ketones (excluding diaryl/α,β-unsaturated/α-hetero) is 2. The fourth-order valence-electron chi connectivity index (χ4n) is 6.62. The molecule has 1 aliphatic heterocycles. The number of hydrogen-bond acceptors (Lipinski definition) is 12. The van der Waals surface area contributed by atoms with Crippen molar-refractivity contribution in [1.29, 1.82) is 0 Å². The number of hydrogen-bond donors (Lipinski definition) is 2. The standard InChI is InChI=1S/C35H38ClN3O12/c1-16-9-20(40)27(32(43)35(16)33(44)28-21(46-4)14-22(47-5)29(36)31(28)51-35)19(17-10-23(48-6)30(50-8)24(11-17)49-7)13-25(41)37-15-18-12-26(42)39(3)34(45)38(18)2/h10-12,14,16,19,43H,9,13,15H2,1-8H3,(H,37,41). The van der Waals surface area contributed by atoms with E-state index in [1.807, 2.05) is 0 Å². The third-order valence-corrected chi connectivity index (χ3v) is 9.79. The summed E-state index contributed by atoms with van der Waals surface area (Å²) in [5.41, 5.74) is -3.04. The van der Waals surface area contributed by atoms with Crippen LogP contribution in [-0.2, 0) is 30.2 Å². The summed E-state index contributed by atoms with van der Waals surface area (Å²) in [7, 11) is 9.71. The van der Waals surface area contributed by atoms with Crippen LogP contribution in [0.2, 0.25) is 5.02 Å². The van der Waals surface area contributed by atoms with Gasteiger partial charge >= 0.3 is 5.69 Å². The highest BCUT2D eigenvalue weighted by molar-refractivity contribution is 6.35. The molecule has 1 aliphatic carbocycles. The summed E-state index contributed by atoms with van der Waals surface area (Å²) in [6, 6.07) is 5.69. The van der Waals surface area contributed by atoms with Crippen molar-refractivity contribution in [2.45, 2.75) is 37.8 Å². The van der Waals surface area contributed by atoms with Crippen LogP contribution in [0, 0.1) is 5.92 Å². The highest BCUT2D eigenvalue weighted by atomic mass is 35.5. The largest absolute Gasteiger partial charge is 0.507 e. The molecular formula is C35H38ClN3O12. The minimum absolute atomic E-state index is 0.0392. The maximum atomic E-state index is 14.4.